The molecule has 1 aromatic heterocycles. The van der Waals surface area contributed by atoms with Crippen molar-refractivity contribution < 1.29 is 17.7 Å². The van der Waals surface area contributed by atoms with Crippen LogP contribution >= 0.6 is 0 Å². The number of amides is 1. The third-order valence-corrected chi connectivity index (χ3v) is 6.78. The molecule has 0 bridgehead atoms. The van der Waals surface area contributed by atoms with E-state index in [9.17, 15) is 13.2 Å². The fraction of sp³-hybridized carbons (Fsp3) is 0.778. The Morgan fingerprint density at radius 2 is 2.00 bits per heavy atom. The standard InChI is InChI=1S/C18H30N4O4S/c1-15-13-17(19-26-15)18(23)21-10-6-7-16(14-21)22(27(2,24)25)12-11-20-8-4-3-5-9-20/h13,16H,3-12,14H2,1-2H3. The Bertz CT molecular complexity index is 742. The lowest BCUT2D eigenvalue weighted by molar-refractivity contribution is 0.0637. The normalized spacial score (nSPS) is 22.3. The number of likely N-dealkylation sites (tertiary alicyclic amines) is 2. The largest absolute Gasteiger partial charge is 0.361 e. The van der Waals surface area contributed by atoms with E-state index in [1.807, 2.05) is 0 Å². The summed E-state index contributed by atoms with van der Waals surface area (Å²) in [7, 11) is -3.34. The number of carbonyl (C=O) groups excluding carboxylic acids is 1. The molecule has 1 atom stereocenters. The van der Waals surface area contributed by atoms with Crippen molar-refractivity contribution in [3.05, 3.63) is 17.5 Å². The summed E-state index contributed by atoms with van der Waals surface area (Å²) in [5.74, 6) is 0.396. The minimum atomic E-state index is -3.34. The van der Waals surface area contributed by atoms with E-state index in [2.05, 4.69) is 10.1 Å². The van der Waals surface area contributed by atoms with Crippen LogP contribution in [0.5, 0.6) is 0 Å². The van der Waals surface area contributed by atoms with E-state index < -0.39 is 10.0 Å². The van der Waals surface area contributed by atoms with Crippen molar-refractivity contribution in [3.63, 3.8) is 0 Å². The number of carbonyl (C=O) groups is 1. The first-order chi connectivity index (χ1) is 12.8. The van der Waals surface area contributed by atoms with Gasteiger partial charge in [0.05, 0.1) is 6.26 Å². The fourth-order valence-electron chi connectivity index (χ4n) is 4.05. The molecule has 2 aliphatic rings. The smallest absolute Gasteiger partial charge is 0.276 e. The van der Waals surface area contributed by atoms with Gasteiger partial charge in [0.25, 0.3) is 5.91 Å². The van der Waals surface area contributed by atoms with Gasteiger partial charge in [-0.15, -0.1) is 0 Å². The van der Waals surface area contributed by atoms with Gasteiger partial charge in [-0.05, 0) is 45.7 Å². The Hall–Kier alpha value is -1.45. The predicted molar refractivity (Wildman–Crippen MR) is 102 cm³/mol. The van der Waals surface area contributed by atoms with E-state index >= 15 is 0 Å². The number of hydrogen-bond acceptors (Lipinski definition) is 6. The summed E-state index contributed by atoms with van der Waals surface area (Å²) in [6.45, 7) is 6.07. The van der Waals surface area contributed by atoms with Crippen LogP contribution < -0.4 is 0 Å². The number of sulfonamides is 1. The molecule has 2 fully saturated rings. The molecule has 1 amide bonds. The molecule has 3 rings (SSSR count). The van der Waals surface area contributed by atoms with Gasteiger partial charge in [-0.25, -0.2) is 8.42 Å². The Balaban J connectivity index is 1.65. The monoisotopic (exact) mass is 398 g/mol. The minimum absolute atomic E-state index is 0.185. The molecule has 27 heavy (non-hydrogen) atoms. The van der Waals surface area contributed by atoms with E-state index in [0.717, 1.165) is 32.5 Å². The maximum atomic E-state index is 12.7. The van der Waals surface area contributed by atoms with Gasteiger partial charge in [0.1, 0.15) is 5.76 Å². The number of piperidine rings is 2. The molecule has 8 nitrogen and oxygen atoms in total. The summed E-state index contributed by atoms with van der Waals surface area (Å²) in [5.41, 5.74) is 0.285. The van der Waals surface area contributed by atoms with Crippen LogP contribution in [0.25, 0.3) is 0 Å². The SMILES string of the molecule is Cc1cc(C(=O)N2CCCC(N(CCN3CCCCC3)S(C)(=O)=O)C2)no1. The van der Waals surface area contributed by atoms with E-state index in [1.54, 1.807) is 22.2 Å². The summed E-state index contributed by atoms with van der Waals surface area (Å²) >= 11 is 0. The molecular formula is C18H30N4O4S. The van der Waals surface area contributed by atoms with Crippen molar-refractivity contribution in [2.75, 3.05) is 45.5 Å². The van der Waals surface area contributed by atoms with Gasteiger partial charge >= 0.3 is 0 Å². The maximum Gasteiger partial charge on any atom is 0.276 e. The van der Waals surface area contributed by atoms with Crippen LogP contribution in [0.1, 0.15) is 48.4 Å². The number of aromatic nitrogens is 1. The Morgan fingerprint density at radius 1 is 1.26 bits per heavy atom. The average Bonchev–Trinajstić information content (AvgIpc) is 3.08. The number of nitrogens with zero attached hydrogens (tertiary/aromatic N) is 4. The summed E-state index contributed by atoms with van der Waals surface area (Å²) in [5, 5.41) is 3.80. The number of aryl methyl sites for hydroxylation is 1. The number of hydrogen-bond donors (Lipinski definition) is 0. The Kier molecular flexibility index (Phi) is 6.54. The summed E-state index contributed by atoms with van der Waals surface area (Å²) in [6.07, 6.45) is 6.44. The minimum Gasteiger partial charge on any atom is -0.361 e. The molecule has 152 valence electrons. The molecule has 0 spiro atoms. The van der Waals surface area contributed by atoms with Crippen molar-refractivity contribution in [2.24, 2.45) is 0 Å². The van der Waals surface area contributed by atoms with Gasteiger partial charge < -0.3 is 14.3 Å². The van der Waals surface area contributed by atoms with Gasteiger partial charge in [-0.1, -0.05) is 11.6 Å². The molecule has 1 aromatic rings. The van der Waals surface area contributed by atoms with Crippen LogP contribution in [0.3, 0.4) is 0 Å². The van der Waals surface area contributed by atoms with Crippen LogP contribution in [-0.2, 0) is 10.0 Å². The van der Waals surface area contributed by atoms with E-state index in [0.29, 0.717) is 25.4 Å². The highest BCUT2D eigenvalue weighted by atomic mass is 32.2. The second kappa shape index (κ2) is 8.70. The first kappa shape index (κ1) is 20.3. The molecule has 1 unspecified atom stereocenters. The van der Waals surface area contributed by atoms with Crippen LogP contribution in [0, 0.1) is 6.92 Å². The lowest BCUT2D eigenvalue weighted by Crippen LogP contribution is -2.53. The first-order valence-electron chi connectivity index (χ1n) is 9.76. The molecule has 0 saturated carbocycles. The predicted octanol–water partition coefficient (Wildman–Crippen LogP) is 1.34. The van der Waals surface area contributed by atoms with Gasteiger partial charge in [0, 0.05) is 38.3 Å². The van der Waals surface area contributed by atoms with E-state index in [1.165, 1.54) is 25.5 Å². The zero-order chi connectivity index (χ0) is 19.4. The lowest BCUT2D eigenvalue weighted by atomic mass is 10.0. The second-order valence-corrected chi connectivity index (χ2v) is 9.58. The zero-order valence-corrected chi connectivity index (χ0v) is 17.1. The molecule has 0 radical (unpaired) electrons. The molecule has 0 N–H and O–H groups in total. The van der Waals surface area contributed by atoms with Gasteiger partial charge in [-0.3, -0.25) is 4.79 Å². The summed E-state index contributed by atoms with van der Waals surface area (Å²) < 4.78 is 31.5. The first-order valence-corrected chi connectivity index (χ1v) is 11.6. The topological polar surface area (TPSA) is 87.0 Å². The lowest BCUT2D eigenvalue weighted by Gasteiger charge is -2.39. The molecule has 2 saturated heterocycles. The van der Waals surface area contributed by atoms with E-state index in [-0.39, 0.29) is 17.6 Å². The van der Waals surface area contributed by atoms with Crippen LogP contribution in [0.4, 0.5) is 0 Å². The molecule has 3 heterocycles. The van der Waals surface area contributed by atoms with Crippen molar-refractivity contribution in [3.8, 4) is 0 Å². The van der Waals surface area contributed by atoms with Crippen molar-refractivity contribution in [2.45, 2.75) is 45.1 Å². The van der Waals surface area contributed by atoms with Crippen molar-refractivity contribution >= 4 is 15.9 Å². The third kappa shape index (κ3) is 5.30. The molecular weight excluding hydrogens is 368 g/mol. The number of rotatable bonds is 6. The highest BCUT2D eigenvalue weighted by molar-refractivity contribution is 7.88. The zero-order valence-electron chi connectivity index (χ0n) is 16.3. The maximum absolute atomic E-state index is 12.7. The molecule has 9 heteroatoms. The third-order valence-electron chi connectivity index (χ3n) is 5.45. The van der Waals surface area contributed by atoms with Crippen LogP contribution in [0.2, 0.25) is 0 Å². The van der Waals surface area contributed by atoms with Crippen LogP contribution in [0.15, 0.2) is 10.6 Å². The highest BCUT2D eigenvalue weighted by Crippen LogP contribution is 2.21. The van der Waals surface area contributed by atoms with E-state index in [4.69, 9.17) is 4.52 Å². The quantitative estimate of drug-likeness (QED) is 0.719. The molecule has 0 aromatic carbocycles. The summed E-state index contributed by atoms with van der Waals surface area (Å²) in [6, 6.07) is 1.44. The van der Waals surface area contributed by atoms with Crippen LogP contribution in [-0.4, -0.2) is 85.2 Å². The van der Waals surface area contributed by atoms with Gasteiger partial charge in [0.15, 0.2) is 5.69 Å². The van der Waals surface area contributed by atoms with Gasteiger partial charge in [-0.2, -0.15) is 4.31 Å². The Morgan fingerprint density at radius 3 is 2.63 bits per heavy atom. The fourth-order valence-corrected chi connectivity index (χ4v) is 5.17. The average molecular weight is 399 g/mol. The molecule has 2 aliphatic heterocycles. The van der Waals surface area contributed by atoms with Crippen molar-refractivity contribution in [1.29, 1.82) is 0 Å². The van der Waals surface area contributed by atoms with Crippen molar-refractivity contribution in [1.82, 2.24) is 19.3 Å². The summed E-state index contributed by atoms with van der Waals surface area (Å²) in [4.78, 5) is 16.7. The second-order valence-electron chi connectivity index (χ2n) is 7.65. The van der Waals surface area contributed by atoms with Gasteiger partial charge in [0.2, 0.25) is 10.0 Å². The highest BCUT2D eigenvalue weighted by Gasteiger charge is 2.33. The Labute approximate surface area is 161 Å². The molecule has 0 aliphatic carbocycles.